The highest BCUT2D eigenvalue weighted by atomic mass is 16.5. The van der Waals surface area contributed by atoms with Crippen molar-refractivity contribution in [3.05, 3.63) is 89.5 Å². The standard InChI is InChI=1S/C26H24N6O3/c1-35-23-9-5-4-8-22(23)26(34)27-21-12-10-19(11-13-21)25-28-30-32(29-25)17-24(33)31-15-14-18-6-2-3-7-20(18)16-31/h2-13H,14-17H2,1H3,(H,27,34). The van der Waals surface area contributed by atoms with Crippen LogP contribution in [0.25, 0.3) is 11.4 Å². The lowest BCUT2D eigenvalue weighted by Crippen LogP contribution is -2.38. The van der Waals surface area contributed by atoms with Crippen LogP contribution in [0.2, 0.25) is 0 Å². The molecule has 0 bridgehead atoms. The number of benzene rings is 3. The molecule has 4 aromatic rings. The number of methoxy groups -OCH3 is 1. The second-order valence-electron chi connectivity index (χ2n) is 8.21. The Morgan fingerprint density at radius 2 is 1.71 bits per heavy atom. The molecular formula is C26H24N6O3. The van der Waals surface area contributed by atoms with Crippen LogP contribution in [0.4, 0.5) is 5.69 Å². The number of tetrazole rings is 1. The number of para-hydroxylation sites is 1. The lowest BCUT2D eigenvalue weighted by atomic mass is 10.00. The Balaban J connectivity index is 1.21. The number of hydrogen-bond donors (Lipinski definition) is 1. The van der Waals surface area contributed by atoms with E-state index >= 15 is 0 Å². The third kappa shape index (κ3) is 4.89. The van der Waals surface area contributed by atoms with Crippen molar-refractivity contribution in [2.24, 2.45) is 0 Å². The van der Waals surface area contributed by atoms with E-state index in [4.69, 9.17) is 4.74 Å². The smallest absolute Gasteiger partial charge is 0.259 e. The van der Waals surface area contributed by atoms with Gasteiger partial charge in [-0.15, -0.1) is 10.2 Å². The summed E-state index contributed by atoms with van der Waals surface area (Å²) in [6.45, 7) is 1.31. The van der Waals surface area contributed by atoms with Gasteiger partial charge in [0.1, 0.15) is 12.3 Å². The molecule has 1 aliphatic rings. The highest BCUT2D eigenvalue weighted by Gasteiger charge is 2.21. The predicted octanol–water partition coefficient (Wildman–Crippen LogP) is 3.19. The van der Waals surface area contributed by atoms with Crippen molar-refractivity contribution in [3.63, 3.8) is 0 Å². The van der Waals surface area contributed by atoms with Crippen LogP contribution in [0.1, 0.15) is 21.5 Å². The number of fused-ring (bicyclic) bond motifs is 1. The minimum Gasteiger partial charge on any atom is -0.496 e. The first kappa shape index (κ1) is 22.3. The Morgan fingerprint density at radius 3 is 2.51 bits per heavy atom. The van der Waals surface area contributed by atoms with Gasteiger partial charge in [-0.3, -0.25) is 9.59 Å². The zero-order valence-electron chi connectivity index (χ0n) is 19.2. The fourth-order valence-corrected chi connectivity index (χ4v) is 4.09. The van der Waals surface area contributed by atoms with Crippen LogP contribution in [0.15, 0.2) is 72.8 Å². The van der Waals surface area contributed by atoms with Gasteiger partial charge in [-0.2, -0.15) is 4.80 Å². The van der Waals surface area contributed by atoms with Gasteiger partial charge in [-0.05, 0) is 59.2 Å². The van der Waals surface area contributed by atoms with E-state index in [1.165, 1.54) is 23.0 Å². The molecule has 1 aliphatic heterocycles. The number of nitrogens with one attached hydrogen (secondary N) is 1. The SMILES string of the molecule is COc1ccccc1C(=O)Nc1ccc(-c2nnn(CC(=O)N3CCc4ccccc4C3)n2)cc1. The van der Waals surface area contributed by atoms with Crippen LogP contribution in [-0.4, -0.2) is 50.6 Å². The number of nitrogens with zero attached hydrogens (tertiary/aromatic N) is 5. The monoisotopic (exact) mass is 468 g/mol. The molecule has 35 heavy (non-hydrogen) atoms. The zero-order chi connectivity index (χ0) is 24.2. The number of aromatic nitrogens is 4. The van der Waals surface area contributed by atoms with Gasteiger partial charge in [0.05, 0.1) is 12.7 Å². The molecule has 2 amide bonds. The zero-order valence-corrected chi connectivity index (χ0v) is 19.2. The van der Waals surface area contributed by atoms with Gasteiger partial charge in [-0.25, -0.2) is 0 Å². The Labute approximate surface area is 202 Å². The van der Waals surface area contributed by atoms with E-state index in [0.29, 0.717) is 35.9 Å². The minimum atomic E-state index is -0.266. The molecule has 0 aliphatic carbocycles. The summed E-state index contributed by atoms with van der Waals surface area (Å²) in [5.74, 6) is 0.603. The molecule has 176 valence electrons. The molecule has 0 saturated carbocycles. The highest BCUT2D eigenvalue weighted by molar-refractivity contribution is 6.06. The number of amides is 2. The van der Waals surface area contributed by atoms with Gasteiger partial charge in [0.25, 0.3) is 5.91 Å². The molecule has 0 unspecified atom stereocenters. The summed E-state index contributed by atoms with van der Waals surface area (Å²) >= 11 is 0. The molecule has 0 atom stereocenters. The lowest BCUT2D eigenvalue weighted by Gasteiger charge is -2.28. The van der Waals surface area contributed by atoms with E-state index in [-0.39, 0.29) is 18.4 Å². The predicted molar refractivity (Wildman–Crippen MR) is 130 cm³/mol. The van der Waals surface area contributed by atoms with E-state index in [9.17, 15) is 9.59 Å². The second kappa shape index (κ2) is 9.76. The van der Waals surface area contributed by atoms with Crippen LogP contribution in [0.3, 0.4) is 0 Å². The van der Waals surface area contributed by atoms with E-state index in [0.717, 1.165) is 12.0 Å². The number of carbonyl (C=O) groups is 2. The fraction of sp³-hybridized carbons (Fsp3) is 0.192. The molecule has 0 radical (unpaired) electrons. The first-order valence-electron chi connectivity index (χ1n) is 11.3. The summed E-state index contributed by atoms with van der Waals surface area (Å²) in [5, 5.41) is 15.4. The van der Waals surface area contributed by atoms with Gasteiger partial charge in [-0.1, -0.05) is 36.4 Å². The van der Waals surface area contributed by atoms with Crippen molar-refractivity contribution >= 4 is 17.5 Å². The maximum Gasteiger partial charge on any atom is 0.259 e. The topological polar surface area (TPSA) is 102 Å². The molecular weight excluding hydrogens is 444 g/mol. The number of carbonyl (C=O) groups excluding carboxylic acids is 2. The molecule has 0 fully saturated rings. The normalized spacial score (nSPS) is 12.7. The Bertz CT molecular complexity index is 1370. The molecule has 1 N–H and O–H groups in total. The summed E-state index contributed by atoms with van der Waals surface area (Å²) in [5.41, 5.74) is 4.27. The Kier molecular flexibility index (Phi) is 6.21. The van der Waals surface area contributed by atoms with Gasteiger partial charge in [0, 0.05) is 24.3 Å². The van der Waals surface area contributed by atoms with Crippen LogP contribution >= 0.6 is 0 Å². The molecule has 5 rings (SSSR count). The first-order chi connectivity index (χ1) is 17.1. The number of rotatable bonds is 6. The van der Waals surface area contributed by atoms with Crippen molar-refractivity contribution in [1.82, 2.24) is 25.1 Å². The minimum absolute atomic E-state index is 0.0300. The molecule has 1 aromatic heterocycles. The number of hydrogen-bond acceptors (Lipinski definition) is 6. The van der Waals surface area contributed by atoms with Crippen molar-refractivity contribution in [1.29, 1.82) is 0 Å². The molecule has 9 nitrogen and oxygen atoms in total. The molecule has 0 spiro atoms. The lowest BCUT2D eigenvalue weighted by molar-refractivity contribution is -0.133. The fourth-order valence-electron chi connectivity index (χ4n) is 4.09. The summed E-state index contributed by atoms with van der Waals surface area (Å²) in [4.78, 5) is 28.5. The third-order valence-corrected chi connectivity index (χ3v) is 5.97. The average molecular weight is 469 g/mol. The largest absolute Gasteiger partial charge is 0.496 e. The van der Waals surface area contributed by atoms with Crippen LogP contribution in [0, 0.1) is 0 Å². The van der Waals surface area contributed by atoms with Crippen LogP contribution < -0.4 is 10.1 Å². The average Bonchev–Trinajstić information content (AvgIpc) is 3.37. The van der Waals surface area contributed by atoms with E-state index in [1.807, 2.05) is 23.1 Å². The van der Waals surface area contributed by atoms with Crippen LogP contribution in [0.5, 0.6) is 5.75 Å². The van der Waals surface area contributed by atoms with E-state index in [2.05, 4.69) is 32.9 Å². The molecule has 0 saturated heterocycles. The van der Waals surface area contributed by atoms with Crippen molar-refractivity contribution < 1.29 is 14.3 Å². The van der Waals surface area contributed by atoms with Crippen LogP contribution in [-0.2, 0) is 24.3 Å². The maximum absolute atomic E-state index is 12.8. The van der Waals surface area contributed by atoms with E-state index < -0.39 is 0 Å². The van der Waals surface area contributed by atoms with Gasteiger partial charge in [0.2, 0.25) is 11.7 Å². The van der Waals surface area contributed by atoms with Gasteiger partial charge < -0.3 is 15.0 Å². The third-order valence-electron chi connectivity index (χ3n) is 5.97. The Hall–Kier alpha value is -4.53. The van der Waals surface area contributed by atoms with Gasteiger partial charge in [0.15, 0.2) is 0 Å². The highest BCUT2D eigenvalue weighted by Crippen LogP contribution is 2.22. The quantitative estimate of drug-likeness (QED) is 0.466. The summed E-state index contributed by atoms with van der Waals surface area (Å²) < 4.78 is 5.25. The number of anilines is 1. The molecule has 9 heteroatoms. The maximum atomic E-state index is 12.8. The molecule has 3 aromatic carbocycles. The first-order valence-corrected chi connectivity index (χ1v) is 11.3. The van der Waals surface area contributed by atoms with Gasteiger partial charge >= 0.3 is 0 Å². The van der Waals surface area contributed by atoms with Crippen molar-refractivity contribution in [3.8, 4) is 17.1 Å². The van der Waals surface area contributed by atoms with E-state index in [1.54, 1.807) is 42.5 Å². The number of ether oxygens (including phenoxy) is 1. The summed E-state index contributed by atoms with van der Waals surface area (Å²) in [7, 11) is 1.53. The van der Waals surface area contributed by atoms with Crippen molar-refractivity contribution in [2.75, 3.05) is 19.0 Å². The second-order valence-corrected chi connectivity index (χ2v) is 8.21. The summed E-state index contributed by atoms with van der Waals surface area (Å²) in [6, 6.07) is 22.3. The van der Waals surface area contributed by atoms with Crippen molar-refractivity contribution in [2.45, 2.75) is 19.5 Å². The summed E-state index contributed by atoms with van der Waals surface area (Å²) in [6.07, 6.45) is 0.845. The Morgan fingerprint density at radius 1 is 0.971 bits per heavy atom. The molecule has 2 heterocycles.